The Balaban J connectivity index is 2.08. The van der Waals surface area contributed by atoms with Gasteiger partial charge in [0.25, 0.3) is 0 Å². The van der Waals surface area contributed by atoms with Crippen LogP contribution >= 0.6 is 0 Å². The Bertz CT molecular complexity index is 1140. The number of methoxy groups -OCH3 is 2. The van der Waals surface area contributed by atoms with Crippen molar-refractivity contribution >= 4 is 17.6 Å². The van der Waals surface area contributed by atoms with Crippen LogP contribution < -0.4 is 4.90 Å². The third-order valence-corrected chi connectivity index (χ3v) is 5.92. The summed E-state index contributed by atoms with van der Waals surface area (Å²) in [7, 11) is 2.71. The van der Waals surface area contributed by atoms with Crippen LogP contribution in [0, 0.1) is 6.92 Å². The van der Waals surface area contributed by atoms with Crippen LogP contribution in [-0.2, 0) is 24.6 Å². The average Bonchev–Trinajstić information content (AvgIpc) is 3.21. The molecule has 4 rings (SSSR count). The third-order valence-electron chi connectivity index (χ3n) is 5.92. The Labute approximate surface area is 187 Å². The van der Waals surface area contributed by atoms with Gasteiger partial charge < -0.3 is 14.4 Å². The van der Waals surface area contributed by atoms with E-state index in [0.29, 0.717) is 11.4 Å². The predicted molar refractivity (Wildman–Crippen MR) is 123 cm³/mol. The molecular weight excluding hydrogens is 402 g/mol. The molecule has 0 amide bonds. The van der Waals surface area contributed by atoms with Crippen LogP contribution in [0.5, 0.6) is 0 Å². The van der Waals surface area contributed by atoms with Crippen molar-refractivity contribution in [1.82, 2.24) is 0 Å². The first-order valence-electron chi connectivity index (χ1n) is 10.4. The summed E-state index contributed by atoms with van der Waals surface area (Å²) < 4.78 is 10.5. The van der Waals surface area contributed by atoms with Gasteiger partial charge in [-0.25, -0.2) is 9.59 Å². The molecule has 3 aromatic carbocycles. The fraction of sp³-hybridized carbons (Fsp3) is 0.185. The highest BCUT2D eigenvalue weighted by atomic mass is 16.5. The molecule has 0 saturated carbocycles. The molecule has 0 unspecified atom stereocenters. The minimum atomic E-state index is -1.34. The standard InChI is InChI=1S/C27H25NO4/c1-19-14-16-20(17-15-19)23-18-24(25(29)31-2)28(22-12-8-5-9-13-22)27(23,26(30)32-3)21-10-6-4-7-11-21/h4-18,23H,1-3H3/t23-,27-/m1/s1. The van der Waals surface area contributed by atoms with Gasteiger partial charge >= 0.3 is 11.9 Å². The highest BCUT2D eigenvalue weighted by Gasteiger charge is 2.59. The molecule has 1 aliphatic heterocycles. The molecule has 162 valence electrons. The number of carbonyl (C=O) groups excluding carboxylic acids is 2. The number of esters is 2. The lowest BCUT2D eigenvalue weighted by Gasteiger charge is -2.42. The second-order valence-electron chi connectivity index (χ2n) is 7.73. The second-order valence-corrected chi connectivity index (χ2v) is 7.73. The Kier molecular flexibility index (Phi) is 5.82. The number of ether oxygens (including phenoxy) is 2. The lowest BCUT2D eigenvalue weighted by Crippen LogP contribution is -2.53. The average molecular weight is 428 g/mol. The van der Waals surface area contributed by atoms with Crippen molar-refractivity contribution in [3.8, 4) is 0 Å². The largest absolute Gasteiger partial charge is 0.467 e. The van der Waals surface area contributed by atoms with E-state index in [1.807, 2.05) is 97.9 Å². The first-order valence-corrected chi connectivity index (χ1v) is 10.4. The Morgan fingerprint density at radius 1 is 0.812 bits per heavy atom. The number of hydrogen-bond acceptors (Lipinski definition) is 5. The number of hydrogen-bond donors (Lipinski definition) is 0. The van der Waals surface area contributed by atoms with Gasteiger partial charge in [-0.15, -0.1) is 0 Å². The summed E-state index contributed by atoms with van der Waals surface area (Å²) in [6, 6.07) is 26.8. The van der Waals surface area contributed by atoms with Gasteiger partial charge in [-0.05, 0) is 36.3 Å². The van der Waals surface area contributed by atoms with Crippen LogP contribution in [0.3, 0.4) is 0 Å². The molecule has 0 N–H and O–H groups in total. The minimum absolute atomic E-state index is 0.290. The van der Waals surface area contributed by atoms with E-state index in [1.165, 1.54) is 14.2 Å². The molecule has 0 saturated heterocycles. The number of carbonyl (C=O) groups is 2. The zero-order chi connectivity index (χ0) is 22.7. The molecular formula is C27H25NO4. The van der Waals surface area contributed by atoms with Crippen molar-refractivity contribution in [3.63, 3.8) is 0 Å². The van der Waals surface area contributed by atoms with Crippen molar-refractivity contribution in [3.05, 3.63) is 113 Å². The van der Waals surface area contributed by atoms with E-state index in [1.54, 1.807) is 4.90 Å². The summed E-state index contributed by atoms with van der Waals surface area (Å²) in [5, 5.41) is 0. The highest BCUT2D eigenvalue weighted by molar-refractivity contribution is 6.01. The van der Waals surface area contributed by atoms with Crippen molar-refractivity contribution in [2.24, 2.45) is 0 Å². The molecule has 0 bridgehead atoms. The number of aryl methyl sites for hydroxylation is 1. The summed E-state index contributed by atoms with van der Waals surface area (Å²) in [5.74, 6) is -1.48. The Morgan fingerprint density at radius 3 is 1.97 bits per heavy atom. The first kappa shape index (κ1) is 21.4. The molecule has 2 atom stereocenters. The van der Waals surface area contributed by atoms with Crippen LogP contribution in [0.25, 0.3) is 0 Å². The molecule has 0 radical (unpaired) electrons. The first-order chi connectivity index (χ1) is 15.5. The van der Waals surface area contributed by atoms with Crippen LogP contribution in [0.4, 0.5) is 5.69 Å². The van der Waals surface area contributed by atoms with Gasteiger partial charge in [-0.3, -0.25) is 0 Å². The SMILES string of the molecule is COC(=O)C1=C[C@H](c2ccc(C)cc2)[C@@](C(=O)OC)(c2ccccc2)N1c1ccccc1. The summed E-state index contributed by atoms with van der Waals surface area (Å²) >= 11 is 0. The maximum absolute atomic E-state index is 13.8. The van der Waals surface area contributed by atoms with Crippen molar-refractivity contribution in [1.29, 1.82) is 0 Å². The van der Waals surface area contributed by atoms with Crippen LogP contribution in [-0.4, -0.2) is 26.2 Å². The van der Waals surface area contributed by atoms with Crippen molar-refractivity contribution < 1.29 is 19.1 Å². The summed E-state index contributed by atoms with van der Waals surface area (Å²) in [4.78, 5) is 28.5. The third kappa shape index (κ3) is 3.36. The van der Waals surface area contributed by atoms with Crippen molar-refractivity contribution in [2.75, 3.05) is 19.1 Å². The van der Waals surface area contributed by atoms with Gasteiger partial charge in [0.15, 0.2) is 5.54 Å². The van der Waals surface area contributed by atoms with Gasteiger partial charge in [-0.1, -0.05) is 78.4 Å². The molecule has 0 spiro atoms. The van der Waals surface area contributed by atoms with E-state index < -0.39 is 23.4 Å². The van der Waals surface area contributed by atoms with Crippen LogP contribution in [0.1, 0.15) is 22.6 Å². The number of rotatable bonds is 5. The normalized spacial score (nSPS) is 19.9. The topological polar surface area (TPSA) is 55.8 Å². The predicted octanol–water partition coefficient (Wildman–Crippen LogP) is 4.72. The minimum Gasteiger partial charge on any atom is -0.467 e. The number of nitrogens with zero attached hydrogens (tertiary/aromatic N) is 1. The monoisotopic (exact) mass is 427 g/mol. The molecule has 0 aromatic heterocycles. The summed E-state index contributed by atoms with van der Waals surface area (Å²) in [6.07, 6.45) is 1.81. The van der Waals surface area contributed by atoms with E-state index in [0.717, 1.165) is 16.7 Å². The zero-order valence-corrected chi connectivity index (χ0v) is 18.3. The number of para-hydroxylation sites is 1. The number of anilines is 1. The molecule has 1 heterocycles. The van der Waals surface area contributed by atoms with E-state index in [9.17, 15) is 9.59 Å². The molecule has 5 heteroatoms. The van der Waals surface area contributed by atoms with E-state index in [4.69, 9.17) is 9.47 Å². The molecule has 32 heavy (non-hydrogen) atoms. The van der Waals surface area contributed by atoms with E-state index in [-0.39, 0.29) is 0 Å². The van der Waals surface area contributed by atoms with E-state index >= 15 is 0 Å². The summed E-state index contributed by atoms with van der Waals surface area (Å²) in [6.45, 7) is 2.01. The molecule has 0 fully saturated rings. The summed E-state index contributed by atoms with van der Waals surface area (Å²) in [5.41, 5.74) is 2.36. The van der Waals surface area contributed by atoms with Crippen LogP contribution in [0.15, 0.2) is 96.7 Å². The maximum Gasteiger partial charge on any atom is 0.354 e. The Hall–Kier alpha value is -3.86. The highest BCUT2D eigenvalue weighted by Crippen LogP contribution is 2.53. The second kappa shape index (κ2) is 8.71. The quantitative estimate of drug-likeness (QED) is 0.552. The molecule has 1 aliphatic rings. The van der Waals surface area contributed by atoms with Gasteiger partial charge in [0, 0.05) is 11.6 Å². The lowest BCUT2D eigenvalue weighted by molar-refractivity contribution is -0.147. The molecule has 3 aromatic rings. The molecule has 5 nitrogen and oxygen atoms in total. The molecule has 0 aliphatic carbocycles. The van der Waals surface area contributed by atoms with Gasteiger partial charge in [0.2, 0.25) is 0 Å². The van der Waals surface area contributed by atoms with Crippen LogP contribution in [0.2, 0.25) is 0 Å². The van der Waals surface area contributed by atoms with Gasteiger partial charge in [-0.2, -0.15) is 0 Å². The van der Waals surface area contributed by atoms with Gasteiger partial charge in [0.1, 0.15) is 5.70 Å². The smallest absolute Gasteiger partial charge is 0.354 e. The lowest BCUT2D eigenvalue weighted by atomic mass is 9.75. The van der Waals surface area contributed by atoms with Gasteiger partial charge in [0.05, 0.1) is 14.2 Å². The van der Waals surface area contributed by atoms with E-state index in [2.05, 4.69) is 0 Å². The fourth-order valence-electron chi connectivity index (χ4n) is 4.47. The zero-order valence-electron chi connectivity index (χ0n) is 18.3. The maximum atomic E-state index is 13.8. The van der Waals surface area contributed by atoms with Crippen molar-refractivity contribution in [2.45, 2.75) is 18.4 Å². The number of benzene rings is 3. The Morgan fingerprint density at radius 2 is 1.41 bits per heavy atom. The fourth-order valence-corrected chi connectivity index (χ4v) is 4.47.